The maximum Gasteiger partial charge on any atom is 0.240 e. The highest BCUT2D eigenvalue weighted by Gasteiger charge is 2.56. The quantitative estimate of drug-likeness (QED) is 0.767. The van der Waals surface area contributed by atoms with E-state index in [-0.39, 0.29) is 5.69 Å². The van der Waals surface area contributed by atoms with Crippen LogP contribution in [0.4, 0.5) is 20.2 Å². The minimum absolute atomic E-state index is 0.149. The SMILES string of the molecule is O=C(Nc1ccc(Br)cc1)C1(C(=O)Nc2ccc(F)cc2F)CC1. The van der Waals surface area contributed by atoms with Crippen molar-refractivity contribution in [2.45, 2.75) is 12.8 Å². The maximum atomic E-state index is 13.6. The second-order valence-electron chi connectivity index (χ2n) is 5.62. The molecule has 0 saturated heterocycles. The zero-order valence-electron chi connectivity index (χ0n) is 12.4. The van der Waals surface area contributed by atoms with Crippen LogP contribution in [0.25, 0.3) is 0 Å². The largest absolute Gasteiger partial charge is 0.325 e. The second-order valence-corrected chi connectivity index (χ2v) is 6.54. The highest BCUT2D eigenvalue weighted by Crippen LogP contribution is 2.47. The van der Waals surface area contributed by atoms with Crippen LogP contribution in [-0.2, 0) is 9.59 Å². The van der Waals surface area contributed by atoms with Crippen LogP contribution in [0.1, 0.15) is 12.8 Å². The van der Waals surface area contributed by atoms with Crippen molar-refractivity contribution in [3.8, 4) is 0 Å². The molecule has 2 aromatic carbocycles. The lowest BCUT2D eigenvalue weighted by Gasteiger charge is -2.16. The summed E-state index contributed by atoms with van der Waals surface area (Å²) >= 11 is 3.30. The van der Waals surface area contributed by atoms with Gasteiger partial charge in [-0.1, -0.05) is 15.9 Å². The van der Waals surface area contributed by atoms with Crippen LogP contribution in [0.5, 0.6) is 0 Å². The number of anilines is 2. The molecule has 2 aromatic rings. The van der Waals surface area contributed by atoms with E-state index in [1.54, 1.807) is 24.3 Å². The summed E-state index contributed by atoms with van der Waals surface area (Å²) in [5.74, 6) is -2.65. The molecule has 0 bridgehead atoms. The Kier molecular flexibility index (Phi) is 4.36. The van der Waals surface area contributed by atoms with E-state index in [1.165, 1.54) is 0 Å². The Morgan fingerprint density at radius 2 is 1.58 bits per heavy atom. The fraction of sp³-hybridized carbons (Fsp3) is 0.176. The van der Waals surface area contributed by atoms with Crippen molar-refractivity contribution in [3.63, 3.8) is 0 Å². The van der Waals surface area contributed by atoms with Gasteiger partial charge < -0.3 is 10.6 Å². The van der Waals surface area contributed by atoms with Gasteiger partial charge in [0.25, 0.3) is 0 Å². The Bertz CT molecular complexity index is 805. The van der Waals surface area contributed by atoms with Gasteiger partial charge in [-0.3, -0.25) is 9.59 Å². The van der Waals surface area contributed by atoms with E-state index < -0.39 is 28.9 Å². The molecule has 0 unspecified atom stereocenters. The number of rotatable bonds is 4. The first-order valence-corrected chi connectivity index (χ1v) is 8.03. The van der Waals surface area contributed by atoms with Gasteiger partial charge in [0.05, 0.1) is 5.69 Å². The van der Waals surface area contributed by atoms with Gasteiger partial charge in [0.2, 0.25) is 11.8 Å². The molecular weight excluding hydrogens is 382 g/mol. The predicted octanol–water partition coefficient (Wildman–Crippen LogP) is 4.08. The molecule has 7 heteroatoms. The average molecular weight is 395 g/mol. The minimum Gasteiger partial charge on any atom is -0.325 e. The first kappa shape index (κ1) is 16.6. The number of hydrogen-bond acceptors (Lipinski definition) is 2. The van der Waals surface area contributed by atoms with Crippen molar-refractivity contribution in [2.75, 3.05) is 10.6 Å². The summed E-state index contributed by atoms with van der Waals surface area (Å²) in [5, 5.41) is 5.06. The molecule has 1 saturated carbocycles. The summed E-state index contributed by atoms with van der Waals surface area (Å²) in [4.78, 5) is 24.8. The minimum atomic E-state index is -1.21. The van der Waals surface area contributed by atoms with Gasteiger partial charge in [0.1, 0.15) is 17.0 Å². The molecule has 0 radical (unpaired) electrons. The van der Waals surface area contributed by atoms with Crippen LogP contribution in [0.15, 0.2) is 46.9 Å². The molecule has 2 amide bonds. The average Bonchev–Trinajstić information content (AvgIpc) is 3.34. The van der Waals surface area contributed by atoms with Crippen LogP contribution in [0.3, 0.4) is 0 Å². The summed E-state index contributed by atoms with van der Waals surface area (Å²) in [6.45, 7) is 0. The van der Waals surface area contributed by atoms with Crippen LogP contribution in [-0.4, -0.2) is 11.8 Å². The monoisotopic (exact) mass is 394 g/mol. The van der Waals surface area contributed by atoms with Gasteiger partial charge in [-0.05, 0) is 49.2 Å². The molecule has 0 spiro atoms. The summed E-state index contributed by atoms with van der Waals surface area (Å²) in [7, 11) is 0. The van der Waals surface area contributed by atoms with Crippen molar-refractivity contribution < 1.29 is 18.4 Å². The first-order chi connectivity index (χ1) is 11.4. The van der Waals surface area contributed by atoms with Crippen LogP contribution >= 0.6 is 15.9 Å². The third-order valence-corrected chi connectivity index (χ3v) is 4.43. The van der Waals surface area contributed by atoms with Crippen molar-refractivity contribution in [1.82, 2.24) is 0 Å². The number of benzene rings is 2. The smallest absolute Gasteiger partial charge is 0.240 e. The Labute approximate surface area is 145 Å². The van der Waals surface area contributed by atoms with E-state index in [9.17, 15) is 18.4 Å². The van der Waals surface area contributed by atoms with Crippen molar-refractivity contribution in [1.29, 1.82) is 0 Å². The lowest BCUT2D eigenvalue weighted by Crippen LogP contribution is -2.35. The van der Waals surface area contributed by atoms with E-state index in [4.69, 9.17) is 0 Å². The van der Waals surface area contributed by atoms with Crippen molar-refractivity contribution >= 4 is 39.1 Å². The molecule has 1 aliphatic carbocycles. The molecule has 0 atom stereocenters. The third kappa shape index (κ3) is 3.31. The van der Waals surface area contributed by atoms with E-state index in [0.717, 1.165) is 16.6 Å². The fourth-order valence-corrected chi connectivity index (χ4v) is 2.56. The molecule has 0 aromatic heterocycles. The summed E-state index contributed by atoms with van der Waals surface area (Å²) in [6, 6.07) is 9.79. The summed E-state index contributed by atoms with van der Waals surface area (Å²) in [6.07, 6.45) is 0.758. The number of nitrogens with one attached hydrogen (secondary N) is 2. The lowest BCUT2D eigenvalue weighted by atomic mass is 10.0. The van der Waals surface area contributed by atoms with Gasteiger partial charge in [0, 0.05) is 16.2 Å². The van der Waals surface area contributed by atoms with Gasteiger partial charge in [-0.25, -0.2) is 8.78 Å². The number of hydrogen-bond donors (Lipinski definition) is 2. The Morgan fingerprint density at radius 3 is 2.17 bits per heavy atom. The standard InChI is InChI=1S/C17H13BrF2N2O2/c18-10-1-4-12(5-2-10)21-15(23)17(7-8-17)16(24)22-14-6-3-11(19)9-13(14)20/h1-6,9H,7-8H2,(H,21,23)(H,22,24). The molecule has 124 valence electrons. The zero-order valence-corrected chi connectivity index (χ0v) is 14.0. The maximum absolute atomic E-state index is 13.6. The molecule has 1 fully saturated rings. The third-order valence-electron chi connectivity index (χ3n) is 3.90. The molecule has 24 heavy (non-hydrogen) atoms. The Balaban J connectivity index is 1.71. The molecule has 0 aliphatic heterocycles. The normalized spacial score (nSPS) is 14.8. The first-order valence-electron chi connectivity index (χ1n) is 7.24. The van der Waals surface area contributed by atoms with Gasteiger partial charge >= 0.3 is 0 Å². The van der Waals surface area contributed by atoms with E-state index in [1.807, 2.05) is 0 Å². The number of carbonyl (C=O) groups is 2. The topological polar surface area (TPSA) is 58.2 Å². The zero-order chi connectivity index (χ0) is 17.3. The van der Waals surface area contributed by atoms with Crippen molar-refractivity contribution in [3.05, 3.63) is 58.6 Å². The Hall–Kier alpha value is -2.28. The van der Waals surface area contributed by atoms with Gasteiger partial charge in [-0.2, -0.15) is 0 Å². The fourth-order valence-electron chi connectivity index (χ4n) is 2.30. The van der Waals surface area contributed by atoms with E-state index in [2.05, 4.69) is 26.6 Å². The molecule has 3 rings (SSSR count). The molecule has 4 nitrogen and oxygen atoms in total. The van der Waals surface area contributed by atoms with Crippen LogP contribution in [0, 0.1) is 17.0 Å². The molecule has 1 aliphatic rings. The number of halogens is 3. The van der Waals surface area contributed by atoms with Gasteiger partial charge in [0.15, 0.2) is 0 Å². The summed E-state index contributed by atoms with van der Waals surface area (Å²) < 4.78 is 27.4. The van der Waals surface area contributed by atoms with E-state index in [0.29, 0.717) is 24.6 Å². The molecule has 0 heterocycles. The second kappa shape index (κ2) is 6.32. The lowest BCUT2D eigenvalue weighted by molar-refractivity contribution is -0.131. The predicted molar refractivity (Wildman–Crippen MR) is 89.4 cm³/mol. The number of amides is 2. The van der Waals surface area contributed by atoms with Crippen LogP contribution in [0.2, 0.25) is 0 Å². The molecular formula is C17H13BrF2N2O2. The molecule has 2 N–H and O–H groups in total. The highest BCUT2D eigenvalue weighted by atomic mass is 79.9. The van der Waals surface area contributed by atoms with Gasteiger partial charge in [-0.15, -0.1) is 0 Å². The van der Waals surface area contributed by atoms with Crippen molar-refractivity contribution in [2.24, 2.45) is 5.41 Å². The summed E-state index contributed by atoms with van der Waals surface area (Å²) in [5.41, 5.74) is -0.798. The highest BCUT2D eigenvalue weighted by molar-refractivity contribution is 9.10. The Morgan fingerprint density at radius 1 is 0.958 bits per heavy atom. The van der Waals surface area contributed by atoms with E-state index >= 15 is 0 Å². The van der Waals surface area contributed by atoms with Crippen LogP contribution < -0.4 is 10.6 Å². The number of carbonyl (C=O) groups excluding carboxylic acids is 2.